The van der Waals surface area contributed by atoms with E-state index in [4.69, 9.17) is 14.3 Å². The number of hydroxylamine groups is 1. The summed E-state index contributed by atoms with van der Waals surface area (Å²) in [5, 5.41) is 19.7. The van der Waals surface area contributed by atoms with Crippen LogP contribution in [-0.2, 0) is 60.3 Å². The van der Waals surface area contributed by atoms with Gasteiger partial charge in [-0.05, 0) is 66.5 Å². The number of halogens is 1. The molecule has 4 heterocycles. The van der Waals surface area contributed by atoms with Crippen LogP contribution >= 0.6 is 0 Å². The third kappa shape index (κ3) is 6.26. The van der Waals surface area contributed by atoms with Gasteiger partial charge >= 0.3 is 5.97 Å². The molecule has 0 bridgehead atoms. The van der Waals surface area contributed by atoms with Gasteiger partial charge in [-0.3, -0.25) is 24.3 Å². The number of nitrogens with zero attached hydrogens (tertiary/aromatic N) is 2. The molecular weight excluding hydrogens is 659 g/mol. The van der Waals surface area contributed by atoms with Gasteiger partial charge in [0.05, 0.1) is 43.2 Å². The first kappa shape index (κ1) is 34.3. The first-order chi connectivity index (χ1) is 24.6. The van der Waals surface area contributed by atoms with Crippen LogP contribution in [0.5, 0.6) is 0 Å². The molecule has 0 aliphatic carbocycles. The summed E-state index contributed by atoms with van der Waals surface area (Å²) in [7, 11) is 0. The quantitative estimate of drug-likeness (QED) is 0.101. The van der Waals surface area contributed by atoms with Crippen molar-refractivity contribution in [3.8, 4) is 11.3 Å². The van der Waals surface area contributed by atoms with E-state index >= 15 is 4.39 Å². The zero-order valence-corrected chi connectivity index (χ0v) is 28.5. The van der Waals surface area contributed by atoms with E-state index in [0.717, 1.165) is 27.8 Å². The minimum atomic E-state index is -1.95. The van der Waals surface area contributed by atoms with Gasteiger partial charge in [-0.2, -0.15) is 0 Å². The number of hydrogen-bond donors (Lipinski definition) is 3. The summed E-state index contributed by atoms with van der Waals surface area (Å²) in [4.78, 5) is 57.0. The molecule has 1 atom stereocenters. The predicted molar refractivity (Wildman–Crippen MR) is 185 cm³/mol. The van der Waals surface area contributed by atoms with Crippen molar-refractivity contribution in [2.75, 3.05) is 38.1 Å². The van der Waals surface area contributed by atoms with Crippen molar-refractivity contribution in [1.29, 1.82) is 0 Å². The zero-order chi connectivity index (χ0) is 35.9. The molecule has 3 aliphatic heterocycles. The van der Waals surface area contributed by atoms with Crippen molar-refractivity contribution in [3.05, 3.63) is 98.1 Å². The lowest BCUT2D eigenvalue weighted by Crippen LogP contribution is -2.44. The van der Waals surface area contributed by atoms with Gasteiger partial charge in [-0.25, -0.2) is 9.18 Å². The maximum Gasteiger partial charge on any atom is 0.343 e. The van der Waals surface area contributed by atoms with E-state index in [2.05, 4.69) is 10.6 Å². The second-order valence-electron chi connectivity index (χ2n) is 13.0. The first-order valence-corrected chi connectivity index (χ1v) is 17.1. The summed E-state index contributed by atoms with van der Waals surface area (Å²) in [5.41, 5.74) is 3.38. The number of esters is 1. The van der Waals surface area contributed by atoms with Gasteiger partial charge in [0.15, 0.2) is 5.60 Å². The maximum absolute atomic E-state index is 15.2. The summed E-state index contributed by atoms with van der Waals surface area (Å²) >= 11 is 0. The highest BCUT2D eigenvalue weighted by Gasteiger charge is 2.45. The molecule has 3 aliphatic rings. The normalized spacial score (nSPS) is 17.1. The van der Waals surface area contributed by atoms with Crippen molar-refractivity contribution in [2.24, 2.45) is 0 Å². The minimum absolute atomic E-state index is 0.0323. The average Bonchev–Trinajstić information content (AvgIpc) is 3.51. The third-order valence-corrected chi connectivity index (χ3v) is 10.1. The molecule has 0 saturated heterocycles. The third-order valence-electron chi connectivity index (χ3n) is 10.1. The number of fused-ring (bicyclic) bond motifs is 5. The fourth-order valence-electron chi connectivity index (χ4n) is 7.25. The van der Waals surface area contributed by atoms with E-state index in [9.17, 15) is 24.3 Å². The Bertz CT molecular complexity index is 2120. The van der Waals surface area contributed by atoms with E-state index in [-0.39, 0.29) is 86.8 Å². The van der Waals surface area contributed by atoms with Crippen LogP contribution < -0.4 is 21.3 Å². The van der Waals surface area contributed by atoms with Crippen LogP contribution in [0.2, 0.25) is 0 Å². The molecule has 51 heavy (non-hydrogen) atoms. The van der Waals surface area contributed by atoms with Crippen LogP contribution in [0.1, 0.15) is 53.1 Å². The van der Waals surface area contributed by atoms with E-state index in [0.29, 0.717) is 41.6 Å². The molecule has 3 aromatic carbocycles. The zero-order valence-electron chi connectivity index (χ0n) is 28.5. The highest BCUT2D eigenvalue weighted by atomic mass is 19.1. The molecule has 0 saturated carbocycles. The van der Waals surface area contributed by atoms with Crippen LogP contribution in [0.15, 0.2) is 53.3 Å². The SMILES string of the molecule is CC[C@@]1(O)C(=O)OCc2c1cc1n(c2=O)Cc2c-1cc1cc(F)c(C)c3c1c2N(OCCOCNC(=O)CNC(=O)CCc1ccccc1)CC3. The van der Waals surface area contributed by atoms with Gasteiger partial charge < -0.3 is 29.8 Å². The summed E-state index contributed by atoms with van der Waals surface area (Å²) in [5.74, 6) is -1.72. The number of ether oxygens (including phenoxy) is 2. The summed E-state index contributed by atoms with van der Waals surface area (Å²) in [6.45, 7) is 3.85. The molecule has 4 aromatic rings. The fraction of sp³-hybridized carbons (Fsp3) is 0.368. The topological polar surface area (TPSA) is 148 Å². The van der Waals surface area contributed by atoms with E-state index in [1.54, 1.807) is 29.5 Å². The number of rotatable bonds is 12. The number of benzene rings is 3. The van der Waals surface area contributed by atoms with Crippen molar-refractivity contribution >= 4 is 34.2 Å². The smallest absolute Gasteiger partial charge is 0.343 e. The van der Waals surface area contributed by atoms with Gasteiger partial charge in [0.1, 0.15) is 19.2 Å². The van der Waals surface area contributed by atoms with E-state index in [1.807, 2.05) is 36.4 Å². The number of hydrogen-bond acceptors (Lipinski definition) is 9. The van der Waals surface area contributed by atoms with Gasteiger partial charge in [-0.15, -0.1) is 0 Å². The number of carbonyl (C=O) groups excluding carboxylic acids is 3. The number of nitrogens with one attached hydrogen (secondary N) is 2. The molecular formula is C38H39FN4O8. The van der Waals surface area contributed by atoms with Crippen LogP contribution in [0.4, 0.5) is 10.1 Å². The lowest BCUT2D eigenvalue weighted by atomic mass is 9.85. The average molecular weight is 699 g/mol. The highest BCUT2D eigenvalue weighted by Crippen LogP contribution is 2.47. The minimum Gasteiger partial charge on any atom is -0.458 e. The Morgan fingerprint density at radius 3 is 2.63 bits per heavy atom. The molecule has 0 unspecified atom stereocenters. The molecule has 2 amide bonds. The highest BCUT2D eigenvalue weighted by molar-refractivity contribution is 6.04. The largest absolute Gasteiger partial charge is 0.458 e. The van der Waals surface area contributed by atoms with Crippen molar-refractivity contribution in [3.63, 3.8) is 0 Å². The molecule has 12 nitrogen and oxygen atoms in total. The van der Waals surface area contributed by atoms with Gasteiger partial charge in [0.2, 0.25) is 11.8 Å². The Kier molecular flexibility index (Phi) is 9.36. The lowest BCUT2D eigenvalue weighted by molar-refractivity contribution is -0.172. The van der Waals surface area contributed by atoms with Crippen molar-refractivity contribution in [2.45, 2.75) is 58.3 Å². The van der Waals surface area contributed by atoms with Gasteiger partial charge in [0, 0.05) is 35.0 Å². The van der Waals surface area contributed by atoms with Crippen LogP contribution in [-0.4, -0.2) is 60.5 Å². The van der Waals surface area contributed by atoms with E-state index < -0.39 is 11.6 Å². The Morgan fingerprint density at radius 1 is 1.04 bits per heavy atom. The molecule has 0 spiro atoms. The molecule has 0 fully saturated rings. The number of cyclic esters (lactones) is 1. The Balaban J connectivity index is 1.03. The summed E-state index contributed by atoms with van der Waals surface area (Å²) in [6, 6.07) is 14.7. The Morgan fingerprint density at radius 2 is 1.84 bits per heavy atom. The van der Waals surface area contributed by atoms with Crippen LogP contribution in [0.3, 0.4) is 0 Å². The molecule has 266 valence electrons. The van der Waals surface area contributed by atoms with Gasteiger partial charge in [-0.1, -0.05) is 37.3 Å². The number of aryl methyl sites for hydroxylation is 1. The van der Waals surface area contributed by atoms with Crippen LogP contribution in [0, 0.1) is 12.7 Å². The van der Waals surface area contributed by atoms with Gasteiger partial charge in [0.25, 0.3) is 5.56 Å². The monoisotopic (exact) mass is 698 g/mol. The maximum atomic E-state index is 15.2. The standard InChI is InChI=1S/C38H39FN4O8/c1-3-38(48)29-17-31-26-15-24-16-30(39)22(2)25-11-12-43(35(34(24)25)27(26)19-42(31)36(46)28(29)20-50-37(38)47)51-14-13-49-21-41-33(45)18-40-32(44)10-9-23-7-5-4-6-8-23/h4-8,15-17,48H,3,9-14,18-21H2,1-2H3,(H,40,44)(H,41,45)/t38-/m0/s1. The van der Waals surface area contributed by atoms with Crippen LogP contribution in [0.25, 0.3) is 22.0 Å². The summed E-state index contributed by atoms with van der Waals surface area (Å²) in [6.07, 6.45) is 1.43. The molecule has 3 N–H and O–H groups in total. The second-order valence-corrected chi connectivity index (χ2v) is 13.0. The lowest BCUT2D eigenvalue weighted by Gasteiger charge is -2.33. The Hall–Kier alpha value is -5.11. The molecule has 1 aromatic heterocycles. The Labute approximate surface area is 293 Å². The second kappa shape index (κ2) is 13.9. The molecule has 7 rings (SSSR count). The number of carbonyl (C=O) groups is 3. The number of aliphatic hydroxyl groups is 1. The predicted octanol–water partition coefficient (Wildman–Crippen LogP) is 3.27. The van der Waals surface area contributed by atoms with E-state index in [1.165, 1.54) is 6.07 Å². The first-order valence-electron chi connectivity index (χ1n) is 17.1. The van der Waals surface area contributed by atoms with Crippen molar-refractivity contribution < 1.29 is 38.2 Å². The van der Waals surface area contributed by atoms with Crippen molar-refractivity contribution in [1.82, 2.24) is 15.2 Å². The summed E-state index contributed by atoms with van der Waals surface area (Å²) < 4.78 is 27.6. The number of aromatic nitrogens is 1. The number of amides is 2. The fourth-order valence-corrected chi connectivity index (χ4v) is 7.25. The number of pyridine rings is 1. The number of anilines is 1. The molecule has 0 radical (unpaired) electrons. The molecule has 13 heteroatoms.